The van der Waals surface area contributed by atoms with Crippen molar-refractivity contribution in [1.29, 1.82) is 0 Å². The van der Waals surface area contributed by atoms with E-state index in [2.05, 4.69) is 4.98 Å². The zero-order chi connectivity index (χ0) is 15.6. The molecule has 2 aromatic rings. The van der Waals surface area contributed by atoms with E-state index in [9.17, 15) is 4.79 Å². The van der Waals surface area contributed by atoms with E-state index in [4.69, 9.17) is 23.2 Å². The van der Waals surface area contributed by atoms with Gasteiger partial charge in [0.1, 0.15) is 5.01 Å². The summed E-state index contributed by atoms with van der Waals surface area (Å²) in [4.78, 5) is 19.0. The van der Waals surface area contributed by atoms with Crippen LogP contribution < -0.4 is 0 Å². The molecular formula is C15H14Cl2N2OS. The molecule has 1 aromatic carbocycles. The molecule has 6 heteroatoms. The predicted molar refractivity (Wildman–Crippen MR) is 89.5 cm³/mol. The largest absolute Gasteiger partial charge is 0.383 e. The molecule has 0 bridgehead atoms. The molecule has 0 N–H and O–H groups in total. The van der Waals surface area contributed by atoms with Crippen LogP contribution in [0.25, 0.3) is 10.6 Å². The van der Waals surface area contributed by atoms with Crippen LogP contribution in [-0.4, -0.2) is 29.8 Å². The monoisotopic (exact) mass is 340 g/mol. The van der Waals surface area contributed by atoms with Gasteiger partial charge in [-0.3, -0.25) is 4.79 Å². The number of rotatable bonds is 4. The van der Waals surface area contributed by atoms with Crippen LogP contribution in [-0.2, 0) is 0 Å². The summed E-state index contributed by atoms with van der Waals surface area (Å²) in [6.45, 7) is 1.81. The van der Waals surface area contributed by atoms with Gasteiger partial charge in [0, 0.05) is 31.9 Å². The Hall–Kier alpha value is -1.36. The van der Waals surface area contributed by atoms with Gasteiger partial charge in [-0.1, -0.05) is 35.3 Å². The Morgan fingerprint density at radius 2 is 2.05 bits per heavy atom. The summed E-state index contributed by atoms with van der Waals surface area (Å²) in [5.74, 6) is -0.0666. The Morgan fingerprint density at radius 3 is 2.71 bits per heavy atom. The van der Waals surface area contributed by atoms with Gasteiger partial charge < -0.3 is 4.90 Å². The van der Waals surface area contributed by atoms with E-state index in [0.717, 1.165) is 5.56 Å². The third kappa shape index (κ3) is 3.64. The van der Waals surface area contributed by atoms with E-state index < -0.39 is 0 Å². The number of carbonyl (C=O) groups is 1. The van der Waals surface area contributed by atoms with Gasteiger partial charge in [-0.2, -0.15) is 0 Å². The summed E-state index contributed by atoms with van der Waals surface area (Å²) in [6, 6.07) is 5.38. The first-order chi connectivity index (χ1) is 9.90. The maximum Gasteiger partial charge on any atom is 0.199 e. The number of carbonyl (C=O) groups excluding carboxylic acids is 1. The van der Waals surface area contributed by atoms with Crippen molar-refractivity contribution >= 4 is 40.3 Å². The van der Waals surface area contributed by atoms with Crippen LogP contribution in [0.4, 0.5) is 0 Å². The Balaban J connectivity index is 2.40. The molecule has 0 atom stereocenters. The number of ketones is 1. The van der Waals surface area contributed by atoms with Crippen molar-refractivity contribution in [2.24, 2.45) is 0 Å². The summed E-state index contributed by atoms with van der Waals surface area (Å²) in [7, 11) is 3.72. The molecule has 0 amide bonds. The molecule has 0 spiro atoms. The van der Waals surface area contributed by atoms with E-state index in [1.165, 1.54) is 17.4 Å². The lowest BCUT2D eigenvalue weighted by Gasteiger charge is -2.02. The van der Waals surface area contributed by atoms with E-state index in [0.29, 0.717) is 25.6 Å². The average Bonchev–Trinajstić information content (AvgIpc) is 2.81. The van der Waals surface area contributed by atoms with Gasteiger partial charge in [0.2, 0.25) is 0 Å². The molecule has 0 aliphatic carbocycles. The van der Waals surface area contributed by atoms with Crippen LogP contribution in [0.15, 0.2) is 30.5 Å². The van der Waals surface area contributed by atoms with Crippen molar-refractivity contribution in [3.63, 3.8) is 0 Å². The van der Waals surface area contributed by atoms with E-state index in [1.807, 2.05) is 38.1 Å². The molecule has 1 aromatic heterocycles. The highest BCUT2D eigenvalue weighted by Gasteiger charge is 2.16. The fourth-order valence-corrected chi connectivity index (χ4v) is 3.17. The Labute approximate surface area is 137 Å². The highest BCUT2D eigenvalue weighted by molar-refractivity contribution is 7.17. The van der Waals surface area contributed by atoms with Crippen molar-refractivity contribution in [1.82, 2.24) is 9.88 Å². The van der Waals surface area contributed by atoms with Crippen LogP contribution in [0.3, 0.4) is 0 Å². The Bertz CT molecular complexity index is 708. The van der Waals surface area contributed by atoms with Gasteiger partial charge in [0.15, 0.2) is 5.78 Å². The number of aryl methyl sites for hydroxylation is 1. The molecule has 0 saturated heterocycles. The molecule has 0 unspecified atom stereocenters. The van der Waals surface area contributed by atoms with Gasteiger partial charge in [-0.15, -0.1) is 11.3 Å². The lowest BCUT2D eigenvalue weighted by Crippen LogP contribution is -2.02. The van der Waals surface area contributed by atoms with Crippen LogP contribution in [0, 0.1) is 6.92 Å². The first-order valence-corrected chi connectivity index (χ1v) is 7.78. The molecule has 0 fully saturated rings. The third-order valence-corrected chi connectivity index (χ3v) is 4.75. The van der Waals surface area contributed by atoms with Gasteiger partial charge in [-0.05, 0) is 13.0 Å². The minimum Gasteiger partial charge on any atom is -0.383 e. The predicted octanol–water partition coefficient (Wildman–Crippen LogP) is 4.68. The number of aromatic nitrogens is 1. The minimum atomic E-state index is -0.0666. The van der Waals surface area contributed by atoms with Crippen LogP contribution in [0.2, 0.25) is 10.0 Å². The van der Waals surface area contributed by atoms with Gasteiger partial charge in [0.05, 0.1) is 20.6 Å². The lowest BCUT2D eigenvalue weighted by atomic mass is 10.2. The Kier molecular flexibility index (Phi) is 5.04. The molecule has 21 heavy (non-hydrogen) atoms. The van der Waals surface area contributed by atoms with E-state index >= 15 is 0 Å². The number of nitrogens with zero attached hydrogens (tertiary/aromatic N) is 2. The number of allylic oxidation sites excluding steroid dienone is 1. The molecular weight excluding hydrogens is 327 g/mol. The summed E-state index contributed by atoms with van der Waals surface area (Å²) < 4.78 is 0. The van der Waals surface area contributed by atoms with Crippen molar-refractivity contribution in [3.05, 3.63) is 51.1 Å². The minimum absolute atomic E-state index is 0.0666. The number of hydrogen-bond donors (Lipinski definition) is 0. The van der Waals surface area contributed by atoms with Crippen LogP contribution >= 0.6 is 34.5 Å². The van der Waals surface area contributed by atoms with Gasteiger partial charge in [0.25, 0.3) is 0 Å². The highest BCUT2D eigenvalue weighted by atomic mass is 35.5. The summed E-state index contributed by atoms with van der Waals surface area (Å²) >= 11 is 13.5. The third-order valence-electron chi connectivity index (χ3n) is 2.73. The zero-order valence-corrected chi connectivity index (χ0v) is 14.2. The van der Waals surface area contributed by atoms with Crippen LogP contribution in [0.5, 0.6) is 0 Å². The van der Waals surface area contributed by atoms with Crippen molar-refractivity contribution < 1.29 is 4.79 Å². The topological polar surface area (TPSA) is 33.2 Å². The maximum absolute atomic E-state index is 12.2. The van der Waals surface area contributed by atoms with Gasteiger partial charge in [-0.25, -0.2) is 4.98 Å². The molecule has 2 rings (SSSR count). The lowest BCUT2D eigenvalue weighted by molar-refractivity contribution is 0.104. The normalized spacial score (nSPS) is 11.1. The summed E-state index contributed by atoms with van der Waals surface area (Å²) in [6.07, 6.45) is 3.25. The molecule has 110 valence electrons. The fraction of sp³-hybridized carbons (Fsp3) is 0.200. The number of benzene rings is 1. The molecule has 1 heterocycles. The summed E-state index contributed by atoms with van der Waals surface area (Å²) in [5, 5.41) is 1.62. The van der Waals surface area contributed by atoms with Crippen molar-refractivity contribution in [2.45, 2.75) is 6.92 Å². The molecule has 0 radical (unpaired) electrons. The Morgan fingerprint density at radius 1 is 1.33 bits per heavy atom. The smallest absolute Gasteiger partial charge is 0.199 e. The quantitative estimate of drug-likeness (QED) is 0.598. The number of hydrogen-bond acceptors (Lipinski definition) is 4. The number of halogens is 2. The zero-order valence-electron chi connectivity index (χ0n) is 11.9. The first-order valence-electron chi connectivity index (χ1n) is 6.21. The molecule has 3 nitrogen and oxygen atoms in total. The van der Waals surface area contributed by atoms with E-state index in [1.54, 1.807) is 12.3 Å². The second-order valence-corrected chi connectivity index (χ2v) is 6.46. The van der Waals surface area contributed by atoms with Gasteiger partial charge >= 0.3 is 0 Å². The fourth-order valence-electron chi connectivity index (χ4n) is 1.70. The highest BCUT2D eigenvalue weighted by Crippen LogP contribution is 2.36. The molecule has 0 aliphatic heterocycles. The van der Waals surface area contributed by atoms with Crippen molar-refractivity contribution in [3.8, 4) is 10.6 Å². The first kappa shape index (κ1) is 16.0. The molecule has 0 saturated carbocycles. The average molecular weight is 341 g/mol. The summed E-state index contributed by atoms with van der Waals surface area (Å²) in [5.41, 5.74) is 1.44. The van der Waals surface area contributed by atoms with E-state index in [-0.39, 0.29) is 5.78 Å². The standard InChI is InChI=1S/C15H14Cl2N2OS/c1-9-14(12(20)7-8-19(2)3)21-15(18-9)10-5-4-6-11(16)13(10)17/h4-8H,1-3H3. The SMILES string of the molecule is Cc1nc(-c2cccc(Cl)c2Cl)sc1C(=O)C=CN(C)C. The van der Waals surface area contributed by atoms with Crippen molar-refractivity contribution in [2.75, 3.05) is 14.1 Å². The maximum atomic E-state index is 12.2. The second-order valence-electron chi connectivity index (χ2n) is 4.68. The molecule has 0 aliphatic rings. The van der Waals surface area contributed by atoms with Crippen LogP contribution in [0.1, 0.15) is 15.4 Å². The second kappa shape index (κ2) is 6.60. The number of thiazole rings is 1.